The van der Waals surface area contributed by atoms with Crippen LogP contribution in [0.1, 0.15) is 55.8 Å². The van der Waals surface area contributed by atoms with Crippen LogP contribution in [0, 0.1) is 0 Å². The standard InChI is InChI=1S/C15H21Cl2NO/c1-2-3-4-5-6-7-11-18-15(19)14-12(16)9-8-10-13(14)17/h8-10H,2-7,11H2,1H3,(H,18,19). The molecule has 106 valence electrons. The van der Waals surface area contributed by atoms with Crippen molar-refractivity contribution in [3.63, 3.8) is 0 Å². The summed E-state index contributed by atoms with van der Waals surface area (Å²) in [7, 11) is 0. The Labute approximate surface area is 125 Å². The minimum absolute atomic E-state index is 0.191. The van der Waals surface area contributed by atoms with Crippen molar-refractivity contribution in [3.05, 3.63) is 33.8 Å². The summed E-state index contributed by atoms with van der Waals surface area (Å²) in [4.78, 5) is 11.9. The highest BCUT2D eigenvalue weighted by Crippen LogP contribution is 2.23. The normalized spacial score (nSPS) is 10.5. The molecule has 1 rings (SSSR count). The van der Waals surface area contributed by atoms with Gasteiger partial charge < -0.3 is 5.32 Å². The molecule has 0 fully saturated rings. The first kappa shape index (κ1) is 16.3. The summed E-state index contributed by atoms with van der Waals surface area (Å²) in [6, 6.07) is 5.08. The van der Waals surface area contributed by atoms with E-state index in [1.165, 1.54) is 25.7 Å². The predicted molar refractivity (Wildman–Crippen MR) is 82.2 cm³/mol. The number of nitrogens with one attached hydrogen (secondary N) is 1. The number of hydrogen-bond donors (Lipinski definition) is 1. The van der Waals surface area contributed by atoms with Crippen LogP contribution >= 0.6 is 23.2 Å². The molecule has 1 aromatic rings. The van der Waals surface area contributed by atoms with Crippen LogP contribution in [0.25, 0.3) is 0 Å². The van der Waals surface area contributed by atoms with E-state index in [0.29, 0.717) is 22.2 Å². The van der Waals surface area contributed by atoms with E-state index >= 15 is 0 Å². The van der Waals surface area contributed by atoms with Gasteiger partial charge in [0.05, 0.1) is 15.6 Å². The zero-order valence-corrected chi connectivity index (χ0v) is 12.9. The second-order valence-corrected chi connectivity index (χ2v) is 5.43. The smallest absolute Gasteiger partial charge is 0.254 e. The Balaban J connectivity index is 2.28. The third kappa shape index (κ3) is 5.84. The molecule has 0 aliphatic carbocycles. The number of hydrogen-bond acceptors (Lipinski definition) is 1. The number of halogens is 2. The highest BCUT2D eigenvalue weighted by atomic mass is 35.5. The zero-order chi connectivity index (χ0) is 14.1. The van der Waals surface area contributed by atoms with Crippen LogP contribution in [0.2, 0.25) is 10.0 Å². The van der Waals surface area contributed by atoms with Gasteiger partial charge in [-0.2, -0.15) is 0 Å². The predicted octanol–water partition coefficient (Wildman–Crippen LogP) is 5.08. The molecule has 0 saturated carbocycles. The molecule has 1 N–H and O–H groups in total. The Morgan fingerprint density at radius 2 is 1.63 bits per heavy atom. The maximum Gasteiger partial charge on any atom is 0.254 e. The molecule has 0 spiro atoms. The molecule has 4 heteroatoms. The molecular formula is C15H21Cl2NO. The summed E-state index contributed by atoms with van der Waals surface area (Å²) >= 11 is 12.0. The molecule has 0 bridgehead atoms. The van der Waals surface area contributed by atoms with Gasteiger partial charge in [0, 0.05) is 6.54 Å². The van der Waals surface area contributed by atoms with Crippen molar-refractivity contribution in [2.75, 3.05) is 6.54 Å². The van der Waals surface area contributed by atoms with Crippen molar-refractivity contribution in [2.24, 2.45) is 0 Å². The van der Waals surface area contributed by atoms with E-state index in [9.17, 15) is 4.79 Å². The molecule has 2 nitrogen and oxygen atoms in total. The number of amides is 1. The molecule has 19 heavy (non-hydrogen) atoms. The Bertz CT molecular complexity index is 387. The molecule has 0 unspecified atom stereocenters. The Morgan fingerprint density at radius 1 is 1.05 bits per heavy atom. The van der Waals surface area contributed by atoms with Gasteiger partial charge in [-0.3, -0.25) is 4.79 Å². The van der Waals surface area contributed by atoms with E-state index in [1.807, 2.05) is 0 Å². The third-order valence-corrected chi connectivity index (χ3v) is 3.64. The fourth-order valence-electron chi connectivity index (χ4n) is 1.91. The molecule has 1 amide bonds. The quantitative estimate of drug-likeness (QED) is 0.666. The SMILES string of the molecule is CCCCCCCCNC(=O)c1c(Cl)cccc1Cl. The second-order valence-electron chi connectivity index (χ2n) is 4.62. The van der Waals surface area contributed by atoms with Crippen LogP contribution in [0.3, 0.4) is 0 Å². The van der Waals surface area contributed by atoms with Gasteiger partial charge in [0.1, 0.15) is 0 Å². The van der Waals surface area contributed by atoms with E-state index in [-0.39, 0.29) is 5.91 Å². The molecule has 0 heterocycles. The lowest BCUT2D eigenvalue weighted by Crippen LogP contribution is -2.25. The number of unbranched alkanes of at least 4 members (excludes halogenated alkanes) is 5. The van der Waals surface area contributed by atoms with Crippen LogP contribution in [0.4, 0.5) is 0 Å². The lowest BCUT2D eigenvalue weighted by Gasteiger charge is -2.08. The number of benzene rings is 1. The molecule has 0 aliphatic heterocycles. The van der Waals surface area contributed by atoms with Crippen molar-refractivity contribution in [1.29, 1.82) is 0 Å². The molecule has 0 saturated heterocycles. The van der Waals surface area contributed by atoms with Crippen LogP contribution in [-0.2, 0) is 0 Å². The molecule has 1 aromatic carbocycles. The number of rotatable bonds is 8. The van der Waals surface area contributed by atoms with Gasteiger partial charge in [0.15, 0.2) is 0 Å². The van der Waals surface area contributed by atoms with Crippen molar-refractivity contribution in [1.82, 2.24) is 5.32 Å². The summed E-state index contributed by atoms with van der Waals surface area (Å²) in [6.07, 6.45) is 7.20. The van der Waals surface area contributed by atoms with Gasteiger partial charge in [-0.1, -0.05) is 68.3 Å². The minimum atomic E-state index is -0.191. The van der Waals surface area contributed by atoms with Crippen molar-refractivity contribution in [2.45, 2.75) is 45.4 Å². The average Bonchev–Trinajstić information content (AvgIpc) is 2.37. The summed E-state index contributed by atoms with van der Waals surface area (Å²) in [5.74, 6) is -0.191. The average molecular weight is 302 g/mol. The fourth-order valence-corrected chi connectivity index (χ4v) is 2.48. The first-order valence-corrected chi connectivity index (χ1v) is 7.64. The maximum atomic E-state index is 11.9. The second kappa shape index (κ2) is 9.22. The fraction of sp³-hybridized carbons (Fsp3) is 0.533. The van der Waals surface area contributed by atoms with Gasteiger partial charge in [-0.05, 0) is 18.6 Å². The molecule has 0 atom stereocenters. The molecule has 0 aliphatic rings. The summed E-state index contributed by atoms with van der Waals surface area (Å²) in [6.45, 7) is 2.88. The lowest BCUT2D eigenvalue weighted by atomic mass is 10.1. The van der Waals surface area contributed by atoms with E-state index < -0.39 is 0 Å². The van der Waals surface area contributed by atoms with E-state index in [1.54, 1.807) is 18.2 Å². The highest BCUT2D eigenvalue weighted by molar-refractivity contribution is 6.39. The summed E-state index contributed by atoms with van der Waals surface area (Å²) in [5.41, 5.74) is 0.372. The number of carbonyl (C=O) groups excluding carboxylic acids is 1. The largest absolute Gasteiger partial charge is 0.352 e. The van der Waals surface area contributed by atoms with Gasteiger partial charge >= 0.3 is 0 Å². The van der Waals surface area contributed by atoms with Crippen LogP contribution in [-0.4, -0.2) is 12.5 Å². The first-order valence-electron chi connectivity index (χ1n) is 6.89. The maximum absolute atomic E-state index is 11.9. The lowest BCUT2D eigenvalue weighted by molar-refractivity contribution is 0.0953. The monoisotopic (exact) mass is 301 g/mol. The van der Waals surface area contributed by atoms with Crippen molar-refractivity contribution < 1.29 is 4.79 Å². The van der Waals surface area contributed by atoms with Crippen molar-refractivity contribution in [3.8, 4) is 0 Å². The Kier molecular flexibility index (Phi) is 7.92. The van der Waals surface area contributed by atoms with E-state index in [0.717, 1.165) is 12.8 Å². The zero-order valence-electron chi connectivity index (χ0n) is 11.3. The summed E-state index contributed by atoms with van der Waals surface area (Å²) in [5, 5.41) is 3.66. The molecule has 0 radical (unpaired) electrons. The van der Waals surface area contributed by atoms with Crippen LogP contribution in [0.15, 0.2) is 18.2 Å². The summed E-state index contributed by atoms with van der Waals surface area (Å²) < 4.78 is 0. The Hall–Kier alpha value is -0.730. The topological polar surface area (TPSA) is 29.1 Å². The van der Waals surface area contributed by atoms with Gasteiger partial charge in [-0.15, -0.1) is 0 Å². The van der Waals surface area contributed by atoms with Gasteiger partial charge in [0.2, 0.25) is 0 Å². The molecule has 0 aromatic heterocycles. The molecular weight excluding hydrogens is 281 g/mol. The van der Waals surface area contributed by atoms with Crippen LogP contribution < -0.4 is 5.32 Å². The van der Waals surface area contributed by atoms with E-state index in [2.05, 4.69) is 12.2 Å². The third-order valence-electron chi connectivity index (χ3n) is 3.01. The van der Waals surface area contributed by atoms with Gasteiger partial charge in [0.25, 0.3) is 5.91 Å². The van der Waals surface area contributed by atoms with Crippen molar-refractivity contribution >= 4 is 29.1 Å². The minimum Gasteiger partial charge on any atom is -0.352 e. The van der Waals surface area contributed by atoms with Gasteiger partial charge in [-0.25, -0.2) is 0 Å². The number of carbonyl (C=O) groups is 1. The highest BCUT2D eigenvalue weighted by Gasteiger charge is 2.13. The first-order chi connectivity index (χ1) is 9.16. The van der Waals surface area contributed by atoms with Crippen LogP contribution in [0.5, 0.6) is 0 Å². The van der Waals surface area contributed by atoms with E-state index in [4.69, 9.17) is 23.2 Å². The Morgan fingerprint density at radius 3 is 2.26 bits per heavy atom.